The Balaban J connectivity index is 1.56. The Labute approximate surface area is 198 Å². The van der Waals surface area contributed by atoms with Gasteiger partial charge < -0.3 is 10.1 Å². The molecule has 0 saturated carbocycles. The third-order valence-electron chi connectivity index (χ3n) is 4.96. The van der Waals surface area contributed by atoms with Crippen LogP contribution in [0, 0.1) is 6.92 Å². The van der Waals surface area contributed by atoms with Gasteiger partial charge in [-0.05, 0) is 42.3 Å². The normalized spacial score (nSPS) is 12.1. The van der Waals surface area contributed by atoms with Crippen LogP contribution in [0.2, 0.25) is 5.02 Å². The minimum absolute atomic E-state index is 0.146. The first-order valence-corrected chi connectivity index (χ1v) is 12.3. The maximum atomic E-state index is 12.5. The van der Waals surface area contributed by atoms with Gasteiger partial charge in [-0.2, -0.15) is 0 Å². The number of carbonyl (C=O) groups is 2. The second kappa shape index (κ2) is 11.1. The third-order valence-corrected chi connectivity index (χ3v) is 6.94. The average molecular weight is 486 g/mol. The largest absolute Gasteiger partial charge is 0.456 e. The van der Waals surface area contributed by atoms with Crippen LogP contribution in [0.4, 0.5) is 0 Å². The van der Waals surface area contributed by atoms with Gasteiger partial charge in [0.25, 0.3) is 5.91 Å². The van der Waals surface area contributed by atoms with Gasteiger partial charge in [0.15, 0.2) is 16.4 Å². The van der Waals surface area contributed by atoms with Crippen LogP contribution in [0.5, 0.6) is 0 Å². The lowest BCUT2D eigenvalue weighted by Gasteiger charge is -2.20. The van der Waals surface area contributed by atoms with Crippen molar-refractivity contribution in [2.24, 2.45) is 0 Å². The van der Waals surface area contributed by atoms with Crippen molar-refractivity contribution >= 4 is 33.3 Å². The summed E-state index contributed by atoms with van der Waals surface area (Å²) in [5.41, 5.74) is 2.60. The van der Waals surface area contributed by atoms with E-state index in [2.05, 4.69) is 5.32 Å². The smallest absolute Gasteiger partial charge is 0.307 e. The highest BCUT2D eigenvalue weighted by molar-refractivity contribution is 7.91. The Morgan fingerprint density at radius 2 is 1.52 bits per heavy atom. The van der Waals surface area contributed by atoms with E-state index in [4.69, 9.17) is 16.3 Å². The van der Waals surface area contributed by atoms with Gasteiger partial charge in [0, 0.05) is 5.02 Å². The number of aryl methyl sites for hydroxylation is 1. The van der Waals surface area contributed by atoms with Crippen LogP contribution >= 0.6 is 11.6 Å². The summed E-state index contributed by atoms with van der Waals surface area (Å²) >= 11 is 5.97. The molecule has 0 bridgehead atoms. The number of carbonyl (C=O) groups excluding carboxylic acids is 2. The van der Waals surface area contributed by atoms with Gasteiger partial charge >= 0.3 is 5.97 Å². The van der Waals surface area contributed by atoms with Gasteiger partial charge in [0.1, 0.15) is 0 Å². The van der Waals surface area contributed by atoms with Crippen LogP contribution in [0.3, 0.4) is 0 Å². The Morgan fingerprint density at radius 3 is 2.15 bits per heavy atom. The van der Waals surface area contributed by atoms with Crippen LogP contribution in [0.15, 0.2) is 83.8 Å². The molecule has 1 amide bonds. The van der Waals surface area contributed by atoms with E-state index in [1.807, 2.05) is 49.4 Å². The summed E-state index contributed by atoms with van der Waals surface area (Å²) in [6.07, 6.45) is -0.344. The van der Waals surface area contributed by atoms with Crippen LogP contribution < -0.4 is 5.32 Å². The lowest BCUT2D eigenvalue weighted by atomic mass is 9.99. The van der Waals surface area contributed by atoms with Crippen molar-refractivity contribution in [2.45, 2.75) is 24.3 Å². The highest BCUT2D eigenvalue weighted by atomic mass is 35.5. The molecular formula is C25H24ClNO5S. The molecule has 3 aromatic carbocycles. The summed E-state index contributed by atoms with van der Waals surface area (Å²) in [5.74, 6) is -1.66. The maximum Gasteiger partial charge on any atom is 0.307 e. The Morgan fingerprint density at radius 1 is 0.909 bits per heavy atom. The number of rotatable bonds is 9. The predicted molar refractivity (Wildman–Crippen MR) is 127 cm³/mol. The monoisotopic (exact) mass is 485 g/mol. The molecule has 1 N–H and O–H groups in total. The molecule has 0 spiro atoms. The fourth-order valence-electron chi connectivity index (χ4n) is 3.16. The fraction of sp³-hybridized carbons (Fsp3) is 0.200. The summed E-state index contributed by atoms with van der Waals surface area (Å²) in [5, 5.41) is 3.43. The van der Waals surface area contributed by atoms with Crippen LogP contribution in [-0.4, -0.2) is 32.7 Å². The van der Waals surface area contributed by atoms with Gasteiger partial charge in [0.2, 0.25) is 0 Å². The van der Waals surface area contributed by atoms with E-state index in [9.17, 15) is 18.0 Å². The highest BCUT2D eigenvalue weighted by Gasteiger charge is 2.20. The topological polar surface area (TPSA) is 89.5 Å². The van der Waals surface area contributed by atoms with E-state index in [1.54, 1.807) is 24.3 Å². The van der Waals surface area contributed by atoms with Crippen molar-refractivity contribution in [3.8, 4) is 0 Å². The first-order chi connectivity index (χ1) is 15.7. The molecule has 0 radical (unpaired) electrons. The number of esters is 1. The molecule has 8 heteroatoms. The number of ether oxygens (including phenoxy) is 1. The summed E-state index contributed by atoms with van der Waals surface area (Å²) < 4.78 is 29.8. The van der Waals surface area contributed by atoms with Crippen molar-refractivity contribution in [2.75, 3.05) is 12.4 Å². The number of nitrogens with one attached hydrogen (secondary N) is 1. The van der Waals surface area contributed by atoms with Crippen molar-refractivity contribution in [3.05, 3.63) is 101 Å². The van der Waals surface area contributed by atoms with Crippen LogP contribution in [-0.2, 0) is 24.2 Å². The summed E-state index contributed by atoms with van der Waals surface area (Å²) in [6, 6.07) is 22.4. The number of amides is 1. The molecular weight excluding hydrogens is 462 g/mol. The SMILES string of the molecule is Cc1ccc(S(=O)(=O)CCC(=O)OCC(=O)NC(c2ccccc2)c2ccc(Cl)cc2)cc1. The molecule has 3 aromatic rings. The first kappa shape index (κ1) is 24.5. The molecule has 0 heterocycles. The minimum Gasteiger partial charge on any atom is -0.456 e. The maximum absolute atomic E-state index is 12.5. The van der Waals surface area contributed by atoms with Gasteiger partial charge in [-0.1, -0.05) is 71.8 Å². The Bertz CT molecular complexity index is 1190. The Kier molecular flexibility index (Phi) is 8.25. The Hall–Kier alpha value is -3.16. The van der Waals surface area contributed by atoms with Crippen LogP contribution in [0.25, 0.3) is 0 Å². The second-order valence-electron chi connectivity index (χ2n) is 7.51. The zero-order chi connectivity index (χ0) is 23.8. The zero-order valence-electron chi connectivity index (χ0n) is 18.0. The molecule has 0 aliphatic heterocycles. The molecule has 0 aromatic heterocycles. The van der Waals surface area contributed by atoms with Crippen molar-refractivity contribution in [3.63, 3.8) is 0 Å². The number of sulfone groups is 1. The summed E-state index contributed by atoms with van der Waals surface area (Å²) in [6.45, 7) is 1.34. The molecule has 1 atom stereocenters. The molecule has 1 unspecified atom stereocenters. The van der Waals surface area contributed by atoms with Gasteiger partial charge in [-0.3, -0.25) is 9.59 Å². The van der Waals surface area contributed by atoms with Gasteiger partial charge in [-0.25, -0.2) is 8.42 Å². The summed E-state index contributed by atoms with van der Waals surface area (Å²) in [4.78, 5) is 24.7. The van der Waals surface area contributed by atoms with E-state index < -0.39 is 40.1 Å². The van der Waals surface area contributed by atoms with Crippen LogP contribution in [0.1, 0.15) is 29.2 Å². The number of hydrogen-bond donors (Lipinski definition) is 1. The molecule has 0 saturated heterocycles. The zero-order valence-corrected chi connectivity index (χ0v) is 19.6. The molecule has 3 rings (SSSR count). The molecule has 0 fully saturated rings. The fourth-order valence-corrected chi connectivity index (χ4v) is 4.51. The van der Waals surface area contributed by atoms with E-state index in [0.717, 1.165) is 16.7 Å². The third kappa shape index (κ3) is 7.17. The lowest BCUT2D eigenvalue weighted by molar-refractivity contribution is -0.148. The summed E-state index contributed by atoms with van der Waals surface area (Å²) in [7, 11) is -3.62. The minimum atomic E-state index is -3.62. The van der Waals surface area contributed by atoms with Crippen molar-refractivity contribution in [1.82, 2.24) is 5.32 Å². The highest BCUT2D eigenvalue weighted by Crippen LogP contribution is 2.23. The van der Waals surface area contributed by atoms with E-state index in [0.29, 0.717) is 5.02 Å². The van der Waals surface area contributed by atoms with E-state index in [1.165, 1.54) is 12.1 Å². The standard InChI is InChI=1S/C25H24ClNO5S/c1-18-7-13-22(14-8-18)33(30,31)16-15-24(29)32-17-23(28)27-25(19-5-3-2-4-6-19)20-9-11-21(26)12-10-20/h2-14,25H,15-17H2,1H3,(H,27,28). The van der Waals surface area contributed by atoms with Crippen molar-refractivity contribution < 1.29 is 22.7 Å². The van der Waals surface area contributed by atoms with E-state index in [-0.39, 0.29) is 11.3 Å². The molecule has 6 nitrogen and oxygen atoms in total. The predicted octanol–water partition coefficient (Wildman–Crippen LogP) is 4.26. The first-order valence-electron chi connectivity index (χ1n) is 10.3. The van der Waals surface area contributed by atoms with Gasteiger partial charge in [-0.15, -0.1) is 0 Å². The quantitative estimate of drug-likeness (QED) is 0.457. The van der Waals surface area contributed by atoms with Crippen molar-refractivity contribution in [1.29, 1.82) is 0 Å². The number of halogens is 1. The number of benzene rings is 3. The molecule has 0 aliphatic rings. The average Bonchev–Trinajstić information content (AvgIpc) is 2.81. The lowest BCUT2D eigenvalue weighted by Crippen LogP contribution is -2.33. The molecule has 33 heavy (non-hydrogen) atoms. The van der Waals surface area contributed by atoms with Gasteiger partial charge in [0.05, 0.1) is 23.1 Å². The second-order valence-corrected chi connectivity index (χ2v) is 10.1. The molecule has 0 aliphatic carbocycles. The number of hydrogen-bond acceptors (Lipinski definition) is 5. The van der Waals surface area contributed by atoms with E-state index >= 15 is 0 Å². The molecule has 172 valence electrons.